The molecule has 0 bridgehead atoms. The lowest BCUT2D eigenvalue weighted by molar-refractivity contribution is 0.373. The Labute approximate surface area is 166 Å². The number of nitrogens with zero attached hydrogens (tertiary/aromatic N) is 2. The number of aromatic nitrogens is 2. The minimum absolute atomic E-state index is 0.0352. The summed E-state index contributed by atoms with van der Waals surface area (Å²) >= 11 is 0. The van der Waals surface area contributed by atoms with Crippen LogP contribution in [0.15, 0.2) is 53.9 Å². The Kier molecular flexibility index (Phi) is 4.56. The minimum Gasteiger partial charge on any atom is -0.497 e. The van der Waals surface area contributed by atoms with Crippen LogP contribution in [0.1, 0.15) is 17.0 Å². The molecular formula is C21H17FN4O3. The molecule has 2 heterocycles. The maximum atomic E-state index is 13.4. The Balaban J connectivity index is 1.99. The van der Waals surface area contributed by atoms with Crippen LogP contribution in [0.4, 0.5) is 4.39 Å². The SMILES string of the molecule is COc1ccc(OC)c(C2C(C#N)=C(N)Oc3n[nH]c(-c4ccc(F)cc4)c32)c1. The van der Waals surface area contributed by atoms with Gasteiger partial charge in [0.2, 0.25) is 11.8 Å². The molecule has 0 aliphatic carbocycles. The van der Waals surface area contributed by atoms with Crippen molar-refractivity contribution >= 4 is 0 Å². The second kappa shape index (κ2) is 7.20. The van der Waals surface area contributed by atoms with Crippen LogP contribution >= 0.6 is 0 Å². The van der Waals surface area contributed by atoms with E-state index >= 15 is 0 Å². The van der Waals surface area contributed by atoms with E-state index in [1.807, 2.05) is 0 Å². The van der Waals surface area contributed by atoms with E-state index in [9.17, 15) is 9.65 Å². The summed E-state index contributed by atoms with van der Waals surface area (Å²) in [5.41, 5.74) is 8.79. The third-order valence-corrected chi connectivity index (χ3v) is 4.82. The van der Waals surface area contributed by atoms with Crippen molar-refractivity contribution < 1.29 is 18.6 Å². The number of halogens is 1. The number of H-pyrrole nitrogens is 1. The molecule has 0 saturated heterocycles. The fourth-order valence-corrected chi connectivity index (χ4v) is 3.46. The van der Waals surface area contributed by atoms with Crippen molar-refractivity contribution in [1.82, 2.24) is 10.2 Å². The van der Waals surface area contributed by atoms with Crippen LogP contribution in [0.3, 0.4) is 0 Å². The van der Waals surface area contributed by atoms with E-state index in [1.165, 1.54) is 12.1 Å². The zero-order valence-corrected chi connectivity index (χ0v) is 15.7. The number of allylic oxidation sites excluding steroid dienone is 1. The van der Waals surface area contributed by atoms with Gasteiger partial charge in [0.1, 0.15) is 29.0 Å². The van der Waals surface area contributed by atoms with Gasteiger partial charge in [-0.25, -0.2) is 4.39 Å². The average Bonchev–Trinajstić information content (AvgIpc) is 3.16. The van der Waals surface area contributed by atoms with Crippen LogP contribution in [0.5, 0.6) is 17.4 Å². The minimum atomic E-state index is -0.618. The molecular weight excluding hydrogens is 375 g/mol. The molecule has 146 valence electrons. The fraction of sp³-hybridized carbons (Fsp3) is 0.143. The van der Waals surface area contributed by atoms with Gasteiger partial charge in [0, 0.05) is 11.1 Å². The second-order valence-electron chi connectivity index (χ2n) is 6.36. The number of aromatic amines is 1. The quantitative estimate of drug-likeness (QED) is 0.704. The first-order chi connectivity index (χ1) is 14.1. The summed E-state index contributed by atoms with van der Waals surface area (Å²) in [6.45, 7) is 0. The van der Waals surface area contributed by atoms with Gasteiger partial charge in [0.15, 0.2) is 0 Å². The number of benzene rings is 2. The molecule has 2 aromatic carbocycles. The first-order valence-corrected chi connectivity index (χ1v) is 8.71. The summed E-state index contributed by atoms with van der Waals surface area (Å²) in [5, 5.41) is 17.0. The van der Waals surface area contributed by atoms with E-state index in [4.69, 9.17) is 19.9 Å². The van der Waals surface area contributed by atoms with Crippen molar-refractivity contribution in [3.05, 3.63) is 70.9 Å². The van der Waals surface area contributed by atoms with Gasteiger partial charge in [-0.1, -0.05) is 0 Å². The van der Waals surface area contributed by atoms with E-state index < -0.39 is 5.92 Å². The van der Waals surface area contributed by atoms with E-state index in [0.29, 0.717) is 33.9 Å². The van der Waals surface area contributed by atoms with Gasteiger partial charge in [-0.3, -0.25) is 5.10 Å². The lowest BCUT2D eigenvalue weighted by Crippen LogP contribution is -2.21. The molecule has 8 heteroatoms. The van der Waals surface area contributed by atoms with Gasteiger partial charge in [0.25, 0.3) is 0 Å². The highest BCUT2D eigenvalue weighted by atomic mass is 19.1. The van der Waals surface area contributed by atoms with Gasteiger partial charge in [0.05, 0.1) is 31.4 Å². The Morgan fingerprint density at radius 3 is 2.59 bits per heavy atom. The number of nitrogens with two attached hydrogens (primary N) is 1. The van der Waals surface area contributed by atoms with Crippen molar-refractivity contribution in [3.63, 3.8) is 0 Å². The van der Waals surface area contributed by atoms with Crippen LogP contribution in [-0.4, -0.2) is 24.4 Å². The summed E-state index contributed by atoms with van der Waals surface area (Å²) in [6, 6.07) is 13.4. The number of rotatable bonds is 4. The molecule has 7 nitrogen and oxygen atoms in total. The number of ether oxygens (including phenoxy) is 3. The maximum Gasteiger partial charge on any atom is 0.244 e. The summed E-state index contributed by atoms with van der Waals surface area (Å²) in [5.74, 6) is 0.383. The van der Waals surface area contributed by atoms with Gasteiger partial charge >= 0.3 is 0 Å². The lowest BCUT2D eigenvalue weighted by atomic mass is 9.82. The summed E-state index contributed by atoms with van der Waals surface area (Å²) < 4.78 is 29.9. The monoisotopic (exact) mass is 392 g/mol. The first-order valence-electron chi connectivity index (χ1n) is 8.71. The van der Waals surface area contributed by atoms with Gasteiger partial charge < -0.3 is 19.9 Å². The predicted octanol–water partition coefficient (Wildman–Crippen LogP) is 3.45. The summed E-state index contributed by atoms with van der Waals surface area (Å²) in [6.07, 6.45) is 0. The van der Waals surface area contributed by atoms with Crippen molar-refractivity contribution in [2.75, 3.05) is 14.2 Å². The van der Waals surface area contributed by atoms with Crippen LogP contribution in [0.25, 0.3) is 11.3 Å². The van der Waals surface area contributed by atoms with Crippen LogP contribution < -0.4 is 19.9 Å². The van der Waals surface area contributed by atoms with Crippen molar-refractivity contribution in [2.45, 2.75) is 5.92 Å². The molecule has 29 heavy (non-hydrogen) atoms. The Morgan fingerprint density at radius 1 is 1.17 bits per heavy atom. The number of nitriles is 1. The molecule has 0 saturated carbocycles. The van der Waals surface area contributed by atoms with E-state index in [2.05, 4.69) is 16.3 Å². The number of hydrogen-bond donors (Lipinski definition) is 2. The Bertz CT molecular complexity index is 1150. The molecule has 3 aromatic rings. The average molecular weight is 392 g/mol. The highest BCUT2D eigenvalue weighted by molar-refractivity contribution is 5.71. The smallest absolute Gasteiger partial charge is 0.244 e. The standard InChI is InChI=1S/C21H17FN4O3/c1-27-13-7-8-16(28-2)14(9-13)17-15(10-23)20(24)29-21-18(17)19(25-26-21)11-3-5-12(22)6-4-11/h3-9,17H,24H2,1-2H3,(H,25,26). The van der Waals surface area contributed by atoms with Crippen LogP contribution in [0, 0.1) is 17.1 Å². The van der Waals surface area contributed by atoms with E-state index in [1.54, 1.807) is 44.6 Å². The van der Waals surface area contributed by atoms with Gasteiger partial charge in [-0.05, 0) is 42.5 Å². The van der Waals surface area contributed by atoms with E-state index in [-0.39, 0.29) is 23.2 Å². The molecule has 1 unspecified atom stereocenters. The third kappa shape index (κ3) is 3.02. The third-order valence-electron chi connectivity index (χ3n) is 4.82. The van der Waals surface area contributed by atoms with Crippen LogP contribution in [-0.2, 0) is 0 Å². The fourth-order valence-electron chi connectivity index (χ4n) is 3.46. The second-order valence-corrected chi connectivity index (χ2v) is 6.36. The molecule has 4 rings (SSSR count). The molecule has 3 N–H and O–H groups in total. The largest absolute Gasteiger partial charge is 0.497 e. The molecule has 0 spiro atoms. The van der Waals surface area contributed by atoms with Crippen molar-refractivity contribution in [1.29, 1.82) is 5.26 Å². The highest BCUT2D eigenvalue weighted by Crippen LogP contribution is 2.48. The van der Waals surface area contributed by atoms with E-state index in [0.717, 1.165) is 0 Å². The number of methoxy groups -OCH3 is 2. The molecule has 0 radical (unpaired) electrons. The zero-order chi connectivity index (χ0) is 20.5. The Hall–Kier alpha value is -3.99. The molecule has 1 atom stereocenters. The molecule has 1 aromatic heterocycles. The molecule has 0 fully saturated rings. The molecule has 0 amide bonds. The first kappa shape index (κ1) is 18.4. The lowest BCUT2D eigenvalue weighted by Gasteiger charge is -2.25. The topological polar surface area (TPSA) is 106 Å². The maximum absolute atomic E-state index is 13.4. The van der Waals surface area contributed by atoms with Crippen molar-refractivity contribution in [2.24, 2.45) is 5.73 Å². The summed E-state index contributed by atoms with van der Waals surface area (Å²) in [7, 11) is 3.10. The normalized spacial score (nSPS) is 15.3. The number of hydrogen-bond acceptors (Lipinski definition) is 6. The predicted molar refractivity (Wildman–Crippen MR) is 103 cm³/mol. The molecule has 1 aliphatic heterocycles. The highest BCUT2D eigenvalue weighted by Gasteiger charge is 2.37. The zero-order valence-electron chi connectivity index (χ0n) is 15.7. The number of nitrogens with one attached hydrogen (secondary N) is 1. The molecule has 1 aliphatic rings. The summed E-state index contributed by atoms with van der Waals surface area (Å²) in [4.78, 5) is 0. The van der Waals surface area contributed by atoms with Gasteiger partial charge in [-0.2, -0.15) is 5.26 Å². The van der Waals surface area contributed by atoms with Crippen LogP contribution in [0.2, 0.25) is 0 Å². The number of fused-ring (bicyclic) bond motifs is 1. The van der Waals surface area contributed by atoms with Crippen molar-refractivity contribution in [3.8, 4) is 34.7 Å². The Morgan fingerprint density at radius 2 is 1.93 bits per heavy atom. The van der Waals surface area contributed by atoms with Gasteiger partial charge in [-0.15, -0.1) is 5.10 Å².